The second kappa shape index (κ2) is 5.47. The minimum absolute atomic E-state index is 0.112. The standard InChI is InChI=1S/C15H14O3/c1-11-7-8-13(14(9-11)18-10-16)15(17)12-5-3-2-4-6-12/h2-9,16H,10H2,1H3. The van der Waals surface area contributed by atoms with Crippen LogP contribution in [0.15, 0.2) is 48.5 Å². The maximum atomic E-state index is 12.3. The Morgan fingerprint density at radius 2 is 1.89 bits per heavy atom. The minimum Gasteiger partial charge on any atom is -0.467 e. The van der Waals surface area contributed by atoms with Crippen LogP contribution in [0.1, 0.15) is 21.5 Å². The van der Waals surface area contributed by atoms with Gasteiger partial charge in [0.15, 0.2) is 12.6 Å². The zero-order chi connectivity index (χ0) is 13.0. The van der Waals surface area contributed by atoms with Crippen molar-refractivity contribution in [3.8, 4) is 5.75 Å². The SMILES string of the molecule is Cc1ccc(C(=O)c2ccccc2)c(OCO)c1. The van der Waals surface area contributed by atoms with Gasteiger partial charge in [-0.1, -0.05) is 36.4 Å². The lowest BCUT2D eigenvalue weighted by atomic mass is 10.0. The van der Waals surface area contributed by atoms with Gasteiger partial charge in [-0.25, -0.2) is 0 Å². The number of ketones is 1. The summed E-state index contributed by atoms with van der Waals surface area (Å²) in [6.45, 7) is 1.46. The van der Waals surface area contributed by atoms with E-state index in [1.807, 2.05) is 31.2 Å². The maximum absolute atomic E-state index is 12.3. The first-order valence-corrected chi connectivity index (χ1v) is 5.66. The van der Waals surface area contributed by atoms with E-state index in [-0.39, 0.29) is 5.78 Å². The van der Waals surface area contributed by atoms with Crippen molar-refractivity contribution >= 4 is 5.78 Å². The molecule has 0 amide bonds. The molecule has 0 bridgehead atoms. The number of hydrogen-bond acceptors (Lipinski definition) is 3. The minimum atomic E-state index is -0.446. The molecule has 0 heterocycles. The van der Waals surface area contributed by atoms with Gasteiger partial charge < -0.3 is 9.84 Å². The molecule has 0 atom stereocenters. The number of aliphatic hydroxyl groups is 1. The molecule has 2 rings (SSSR count). The van der Waals surface area contributed by atoms with Gasteiger partial charge in [-0.05, 0) is 24.6 Å². The molecule has 92 valence electrons. The Morgan fingerprint density at radius 1 is 1.17 bits per heavy atom. The molecule has 0 aliphatic rings. The molecule has 2 aromatic rings. The van der Waals surface area contributed by atoms with Gasteiger partial charge in [-0.15, -0.1) is 0 Å². The Hall–Kier alpha value is -2.13. The highest BCUT2D eigenvalue weighted by Gasteiger charge is 2.14. The maximum Gasteiger partial charge on any atom is 0.196 e. The number of carbonyl (C=O) groups excluding carboxylic acids is 1. The van der Waals surface area contributed by atoms with Crippen LogP contribution in [0.5, 0.6) is 5.75 Å². The first kappa shape index (κ1) is 12.3. The molecular formula is C15H14O3. The largest absolute Gasteiger partial charge is 0.467 e. The number of aryl methyl sites for hydroxylation is 1. The zero-order valence-electron chi connectivity index (χ0n) is 10.1. The van der Waals surface area contributed by atoms with Crippen molar-refractivity contribution in [3.05, 3.63) is 65.2 Å². The van der Waals surface area contributed by atoms with Crippen LogP contribution in [0.4, 0.5) is 0 Å². The van der Waals surface area contributed by atoms with Crippen LogP contribution in [0.3, 0.4) is 0 Å². The van der Waals surface area contributed by atoms with E-state index < -0.39 is 6.79 Å². The predicted octanol–water partition coefficient (Wildman–Crippen LogP) is 2.55. The highest BCUT2D eigenvalue weighted by Crippen LogP contribution is 2.23. The third-order valence-corrected chi connectivity index (χ3v) is 2.64. The van der Waals surface area contributed by atoms with Crippen LogP contribution in [0.25, 0.3) is 0 Å². The van der Waals surface area contributed by atoms with Crippen molar-refractivity contribution in [2.75, 3.05) is 6.79 Å². The fourth-order valence-corrected chi connectivity index (χ4v) is 1.75. The fourth-order valence-electron chi connectivity index (χ4n) is 1.75. The summed E-state index contributed by atoms with van der Waals surface area (Å²) in [4.78, 5) is 12.3. The highest BCUT2D eigenvalue weighted by molar-refractivity contribution is 6.10. The summed E-state index contributed by atoms with van der Waals surface area (Å²) < 4.78 is 5.10. The Labute approximate surface area is 106 Å². The molecule has 0 saturated heterocycles. The topological polar surface area (TPSA) is 46.5 Å². The first-order chi connectivity index (χ1) is 8.72. The monoisotopic (exact) mass is 242 g/mol. The van der Waals surface area contributed by atoms with Crippen molar-refractivity contribution < 1.29 is 14.6 Å². The van der Waals surface area contributed by atoms with E-state index in [1.165, 1.54) is 0 Å². The molecule has 0 fully saturated rings. The summed E-state index contributed by atoms with van der Waals surface area (Å²) in [6.07, 6.45) is 0. The van der Waals surface area contributed by atoms with Crippen LogP contribution in [-0.2, 0) is 0 Å². The molecule has 0 aliphatic heterocycles. The Kier molecular flexibility index (Phi) is 3.75. The van der Waals surface area contributed by atoms with E-state index in [9.17, 15) is 4.79 Å². The fraction of sp³-hybridized carbons (Fsp3) is 0.133. The average Bonchev–Trinajstić information content (AvgIpc) is 2.40. The predicted molar refractivity (Wildman–Crippen MR) is 68.8 cm³/mol. The number of aliphatic hydroxyl groups excluding tert-OH is 1. The Bertz CT molecular complexity index is 547. The lowest BCUT2D eigenvalue weighted by Gasteiger charge is -2.09. The molecule has 18 heavy (non-hydrogen) atoms. The normalized spacial score (nSPS) is 10.1. The third-order valence-electron chi connectivity index (χ3n) is 2.64. The van der Waals surface area contributed by atoms with Gasteiger partial charge in [0.05, 0.1) is 5.56 Å². The van der Waals surface area contributed by atoms with Gasteiger partial charge >= 0.3 is 0 Å². The summed E-state index contributed by atoms with van der Waals surface area (Å²) in [5.41, 5.74) is 2.04. The second-order valence-corrected chi connectivity index (χ2v) is 3.97. The van der Waals surface area contributed by atoms with E-state index in [0.717, 1.165) is 5.56 Å². The van der Waals surface area contributed by atoms with Crippen molar-refractivity contribution in [2.45, 2.75) is 6.92 Å². The summed E-state index contributed by atoms with van der Waals surface area (Å²) in [5.74, 6) is 0.297. The van der Waals surface area contributed by atoms with Crippen LogP contribution < -0.4 is 4.74 Å². The highest BCUT2D eigenvalue weighted by atomic mass is 16.6. The van der Waals surface area contributed by atoms with E-state index in [0.29, 0.717) is 16.9 Å². The summed E-state index contributed by atoms with van der Waals surface area (Å²) in [7, 11) is 0. The molecule has 0 radical (unpaired) electrons. The van der Waals surface area contributed by atoms with Gasteiger partial charge in [0.25, 0.3) is 0 Å². The molecule has 0 spiro atoms. The second-order valence-electron chi connectivity index (χ2n) is 3.97. The van der Waals surface area contributed by atoms with Gasteiger partial charge in [-0.2, -0.15) is 0 Å². The number of carbonyl (C=O) groups is 1. The summed E-state index contributed by atoms with van der Waals surface area (Å²) in [6, 6.07) is 14.3. The Balaban J connectivity index is 2.41. The number of ether oxygens (including phenoxy) is 1. The van der Waals surface area contributed by atoms with Crippen LogP contribution >= 0.6 is 0 Å². The molecule has 1 N–H and O–H groups in total. The van der Waals surface area contributed by atoms with Gasteiger partial charge in [-0.3, -0.25) is 4.79 Å². The van der Waals surface area contributed by atoms with Crippen LogP contribution in [0, 0.1) is 6.92 Å². The smallest absolute Gasteiger partial charge is 0.196 e. The third kappa shape index (κ3) is 2.57. The van der Waals surface area contributed by atoms with Crippen molar-refractivity contribution in [1.82, 2.24) is 0 Å². The van der Waals surface area contributed by atoms with Gasteiger partial charge in [0, 0.05) is 5.56 Å². The number of benzene rings is 2. The summed E-state index contributed by atoms with van der Waals surface area (Å²) in [5, 5.41) is 8.85. The van der Waals surface area contributed by atoms with Crippen LogP contribution in [-0.4, -0.2) is 17.7 Å². The molecule has 2 aromatic carbocycles. The van der Waals surface area contributed by atoms with Crippen molar-refractivity contribution in [2.24, 2.45) is 0 Å². The lowest BCUT2D eigenvalue weighted by molar-refractivity contribution is 0.0936. The molecule has 3 nitrogen and oxygen atoms in total. The van der Waals surface area contributed by atoms with E-state index in [1.54, 1.807) is 24.3 Å². The summed E-state index contributed by atoms with van der Waals surface area (Å²) >= 11 is 0. The number of rotatable bonds is 4. The molecular weight excluding hydrogens is 228 g/mol. The number of hydrogen-bond donors (Lipinski definition) is 1. The molecule has 0 aromatic heterocycles. The molecule has 0 aliphatic carbocycles. The average molecular weight is 242 g/mol. The Morgan fingerprint density at radius 3 is 2.56 bits per heavy atom. The molecule has 0 unspecified atom stereocenters. The first-order valence-electron chi connectivity index (χ1n) is 5.66. The quantitative estimate of drug-likeness (QED) is 0.662. The van der Waals surface area contributed by atoms with E-state index >= 15 is 0 Å². The van der Waals surface area contributed by atoms with E-state index in [4.69, 9.17) is 9.84 Å². The molecule has 3 heteroatoms. The van der Waals surface area contributed by atoms with Crippen molar-refractivity contribution in [1.29, 1.82) is 0 Å². The zero-order valence-corrected chi connectivity index (χ0v) is 10.1. The van der Waals surface area contributed by atoms with Crippen molar-refractivity contribution in [3.63, 3.8) is 0 Å². The van der Waals surface area contributed by atoms with Gasteiger partial charge in [0.2, 0.25) is 0 Å². The lowest BCUT2D eigenvalue weighted by Crippen LogP contribution is -2.06. The molecule has 0 saturated carbocycles. The van der Waals surface area contributed by atoms with Gasteiger partial charge in [0.1, 0.15) is 5.75 Å². The van der Waals surface area contributed by atoms with E-state index in [2.05, 4.69) is 0 Å². The van der Waals surface area contributed by atoms with Crippen LogP contribution in [0.2, 0.25) is 0 Å².